The minimum absolute atomic E-state index is 0.190. The summed E-state index contributed by atoms with van der Waals surface area (Å²) < 4.78 is 14.0. The summed E-state index contributed by atoms with van der Waals surface area (Å²) in [4.78, 5) is 25.6. The van der Waals surface area contributed by atoms with Gasteiger partial charge in [-0.3, -0.25) is 19.7 Å². The molecule has 1 amide bonds. The van der Waals surface area contributed by atoms with Crippen LogP contribution >= 0.6 is 0 Å². The summed E-state index contributed by atoms with van der Waals surface area (Å²) in [6.45, 7) is 3.59. The highest BCUT2D eigenvalue weighted by atomic mass is 19.1. The number of fused-ring (bicyclic) bond motifs is 2. The highest BCUT2D eigenvalue weighted by molar-refractivity contribution is 6.04. The molecule has 1 aliphatic rings. The fourth-order valence-electron chi connectivity index (χ4n) is 4.15. The van der Waals surface area contributed by atoms with Crippen molar-refractivity contribution in [3.05, 3.63) is 83.9 Å². The Morgan fingerprint density at radius 2 is 1.70 bits per heavy atom. The summed E-state index contributed by atoms with van der Waals surface area (Å²) in [5, 5.41) is 2.51. The van der Waals surface area contributed by atoms with E-state index in [1.54, 1.807) is 4.90 Å². The van der Waals surface area contributed by atoms with Gasteiger partial charge >= 0.3 is 0 Å². The third kappa shape index (κ3) is 3.50. The van der Waals surface area contributed by atoms with Crippen LogP contribution in [0.5, 0.6) is 0 Å². The Balaban J connectivity index is 1.31. The Bertz CT molecular complexity index is 1230. The number of rotatable bonds is 3. The SMILES string of the molecule is O=C(c1cc(F)cc2nccnc12)N1CCN(Cc2cccc3ccccc23)CC1. The molecule has 30 heavy (non-hydrogen) atoms. The van der Waals surface area contributed by atoms with Crippen LogP contribution in [0.2, 0.25) is 0 Å². The summed E-state index contributed by atoms with van der Waals surface area (Å²) in [5.41, 5.74) is 2.41. The van der Waals surface area contributed by atoms with Crippen molar-refractivity contribution in [2.75, 3.05) is 26.2 Å². The van der Waals surface area contributed by atoms with Gasteiger partial charge in [0, 0.05) is 51.2 Å². The van der Waals surface area contributed by atoms with E-state index in [9.17, 15) is 9.18 Å². The van der Waals surface area contributed by atoms with Crippen molar-refractivity contribution in [3.8, 4) is 0 Å². The number of carbonyl (C=O) groups excluding carboxylic acids is 1. The van der Waals surface area contributed by atoms with E-state index in [4.69, 9.17) is 0 Å². The van der Waals surface area contributed by atoms with Crippen LogP contribution in [0.4, 0.5) is 4.39 Å². The van der Waals surface area contributed by atoms with Gasteiger partial charge in [-0.15, -0.1) is 0 Å². The van der Waals surface area contributed by atoms with Crippen LogP contribution in [0.15, 0.2) is 67.0 Å². The molecule has 5 rings (SSSR count). The fourth-order valence-corrected chi connectivity index (χ4v) is 4.15. The molecule has 0 unspecified atom stereocenters. The lowest BCUT2D eigenvalue weighted by molar-refractivity contribution is 0.0630. The molecule has 6 heteroatoms. The van der Waals surface area contributed by atoms with Crippen LogP contribution in [-0.2, 0) is 6.54 Å². The highest BCUT2D eigenvalue weighted by Crippen LogP contribution is 2.22. The summed E-state index contributed by atoms with van der Waals surface area (Å²) in [5.74, 6) is -0.661. The van der Waals surface area contributed by atoms with Gasteiger partial charge < -0.3 is 4.90 Å². The predicted molar refractivity (Wildman–Crippen MR) is 115 cm³/mol. The van der Waals surface area contributed by atoms with E-state index in [1.807, 2.05) is 0 Å². The molecule has 0 radical (unpaired) electrons. The van der Waals surface area contributed by atoms with E-state index >= 15 is 0 Å². The number of amides is 1. The van der Waals surface area contributed by atoms with Crippen molar-refractivity contribution < 1.29 is 9.18 Å². The molecule has 0 atom stereocenters. The molecule has 1 saturated heterocycles. The standard InChI is InChI=1S/C24H21FN4O/c25-19-14-21(23-22(15-19)26-8-9-27-23)24(30)29-12-10-28(11-13-29)16-18-6-3-5-17-4-1-2-7-20(17)18/h1-9,14-15H,10-13,16H2. The average molecular weight is 400 g/mol. The van der Waals surface area contributed by atoms with Crippen LogP contribution in [0.3, 0.4) is 0 Å². The van der Waals surface area contributed by atoms with E-state index in [0.717, 1.165) is 19.6 Å². The van der Waals surface area contributed by atoms with Gasteiger partial charge in [0.15, 0.2) is 0 Å². The largest absolute Gasteiger partial charge is 0.336 e. The van der Waals surface area contributed by atoms with Crippen molar-refractivity contribution in [1.82, 2.24) is 19.8 Å². The zero-order valence-corrected chi connectivity index (χ0v) is 16.5. The van der Waals surface area contributed by atoms with Gasteiger partial charge in [-0.25, -0.2) is 4.39 Å². The molecule has 0 N–H and O–H groups in total. The molecule has 3 aromatic carbocycles. The first-order valence-corrected chi connectivity index (χ1v) is 10.1. The molecule has 0 bridgehead atoms. The van der Waals surface area contributed by atoms with Gasteiger partial charge in [-0.1, -0.05) is 42.5 Å². The Morgan fingerprint density at radius 1 is 0.933 bits per heavy atom. The second-order valence-electron chi connectivity index (χ2n) is 7.58. The number of nitrogens with zero attached hydrogens (tertiary/aromatic N) is 4. The number of piperazine rings is 1. The zero-order valence-electron chi connectivity index (χ0n) is 16.5. The highest BCUT2D eigenvalue weighted by Gasteiger charge is 2.25. The lowest BCUT2D eigenvalue weighted by Crippen LogP contribution is -2.48. The van der Waals surface area contributed by atoms with Crippen LogP contribution in [-0.4, -0.2) is 51.9 Å². The molecule has 4 aromatic rings. The van der Waals surface area contributed by atoms with Crippen LogP contribution < -0.4 is 0 Å². The van der Waals surface area contributed by atoms with Crippen molar-refractivity contribution in [2.45, 2.75) is 6.54 Å². The molecule has 1 aliphatic heterocycles. The third-order valence-electron chi connectivity index (χ3n) is 5.70. The third-order valence-corrected chi connectivity index (χ3v) is 5.70. The van der Waals surface area contributed by atoms with E-state index in [0.29, 0.717) is 24.1 Å². The Kier molecular flexibility index (Phi) is 4.85. The topological polar surface area (TPSA) is 49.3 Å². The monoisotopic (exact) mass is 400 g/mol. The van der Waals surface area contributed by atoms with Gasteiger partial charge in [0.1, 0.15) is 11.3 Å². The molecule has 5 nitrogen and oxygen atoms in total. The molecule has 150 valence electrons. The Hall–Kier alpha value is -3.38. The zero-order chi connectivity index (χ0) is 20.5. The second kappa shape index (κ2) is 7.80. The normalized spacial score (nSPS) is 15.0. The Labute approximate surface area is 173 Å². The molecule has 1 fully saturated rings. The first-order chi connectivity index (χ1) is 14.7. The minimum atomic E-state index is -0.471. The van der Waals surface area contributed by atoms with Gasteiger partial charge in [0.2, 0.25) is 0 Å². The lowest BCUT2D eigenvalue weighted by Gasteiger charge is -2.35. The molecule has 1 aromatic heterocycles. The Morgan fingerprint density at radius 3 is 2.57 bits per heavy atom. The molecular formula is C24H21FN4O. The van der Waals surface area contributed by atoms with Crippen LogP contribution in [0.1, 0.15) is 15.9 Å². The smallest absolute Gasteiger partial charge is 0.256 e. The number of halogens is 1. The molecule has 0 spiro atoms. The van der Waals surface area contributed by atoms with Gasteiger partial charge in [0.25, 0.3) is 5.91 Å². The van der Waals surface area contributed by atoms with E-state index in [1.165, 1.54) is 40.9 Å². The average Bonchev–Trinajstić information content (AvgIpc) is 2.79. The lowest BCUT2D eigenvalue weighted by atomic mass is 10.0. The fraction of sp³-hybridized carbons (Fsp3) is 0.208. The van der Waals surface area contributed by atoms with E-state index < -0.39 is 5.82 Å². The second-order valence-corrected chi connectivity index (χ2v) is 7.58. The van der Waals surface area contributed by atoms with Gasteiger partial charge in [-0.2, -0.15) is 0 Å². The maximum absolute atomic E-state index is 14.0. The molecule has 0 saturated carbocycles. The number of benzene rings is 3. The summed E-state index contributed by atoms with van der Waals surface area (Å²) in [7, 11) is 0. The number of hydrogen-bond donors (Lipinski definition) is 0. The summed E-state index contributed by atoms with van der Waals surface area (Å²) in [6, 6.07) is 17.4. The maximum atomic E-state index is 14.0. The van der Waals surface area contributed by atoms with Crippen molar-refractivity contribution in [3.63, 3.8) is 0 Å². The van der Waals surface area contributed by atoms with Gasteiger partial charge in [0.05, 0.1) is 11.1 Å². The van der Waals surface area contributed by atoms with Gasteiger partial charge in [-0.05, 0) is 22.4 Å². The summed E-state index contributed by atoms with van der Waals surface area (Å²) >= 11 is 0. The molecular weight excluding hydrogens is 379 g/mol. The predicted octanol–water partition coefficient (Wildman–Crippen LogP) is 3.88. The summed E-state index contributed by atoms with van der Waals surface area (Å²) in [6.07, 6.45) is 3.03. The number of hydrogen-bond acceptors (Lipinski definition) is 4. The van der Waals surface area contributed by atoms with Crippen molar-refractivity contribution in [2.24, 2.45) is 0 Å². The first kappa shape index (κ1) is 18.6. The minimum Gasteiger partial charge on any atom is -0.336 e. The van der Waals surface area contributed by atoms with Crippen molar-refractivity contribution >= 4 is 27.7 Å². The number of aromatic nitrogens is 2. The number of carbonyl (C=O) groups is 1. The first-order valence-electron chi connectivity index (χ1n) is 10.1. The quantitative estimate of drug-likeness (QED) is 0.524. The van der Waals surface area contributed by atoms with E-state index in [-0.39, 0.29) is 11.5 Å². The maximum Gasteiger partial charge on any atom is 0.256 e. The van der Waals surface area contributed by atoms with E-state index in [2.05, 4.69) is 57.3 Å². The van der Waals surface area contributed by atoms with Crippen molar-refractivity contribution in [1.29, 1.82) is 0 Å². The molecule has 2 heterocycles. The molecule has 0 aliphatic carbocycles. The van der Waals surface area contributed by atoms with Crippen LogP contribution in [0.25, 0.3) is 21.8 Å². The van der Waals surface area contributed by atoms with Crippen LogP contribution in [0, 0.1) is 5.82 Å².